The first-order valence-electron chi connectivity index (χ1n) is 4.71. The normalized spacial score (nSPS) is 12.1. The lowest BCUT2D eigenvalue weighted by atomic mass is 10.3. The quantitative estimate of drug-likeness (QED) is 0.575. The second-order valence-corrected chi connectivity index (χ2v) is 4.89. The van der Waals surface area contributed by atoms with E-state index in [1.807, 2.05) is 17.5 Å². The van der Waals surface area contributed by atoms with Gasteiger partial charge in [0, 0.05) is 11.4 Å². The molecule has 1 aromatic rings. The topological polar surface area (TPSA) is 20.3 Å². The number of carbonyl (C=O) groups excluding carboxylic acids is 1. The van der Waals surface area contributed by atoms with Gasteiger partial charge < -0.3 is 4.90 Å². The summed E-state index contributed by atoms with van der Waals surface area (Å²) < 4.78 is 0. The average molecular weight is 244 g/mol. The van der Waals surface area contributed by atoms with Crippen LogP contribution in [0.2, 0.25) is 0 Å². The van der Waals surface area contributed by atoms with Gasteiger partial charge >= 0.3 is 0 Å². The Bertz CT molecular complexity index is 321. The summed E-state index contributed by atoms with van der Waals surface area (Å²) in [5, 5.41) is 1.51. The van der Waals surface area contributed by atoms with Crippen LogP contribution >= 0.6 is 22.9 Å². The Kier molecular flexibility index (Phi) is 4.85. The van der Waals surface area contributed by atoms with Gasteiger partial charge in [-0.3, -0.25) is 4.79 Å². The Morgan fingerprint density at radius 2 is 2.53 bits per heavy atom. The van der Waals surface area contributed by atoms with Crippen molar-refractivity contribution in [1.29, 1.82) is 0 Å². The first kappa shape index (κ1) is 12.3. The summed E-state index contributed by atoms with van der Waals surface area (Å²) in [5.41, 5.74) is 0. The summed E-state index contributed by atoms with van der Waals surface area (Å²) in [4.78, 5) is 14.6. The molecule has 1 heterocycles. The van der Waals surface area contributed by atoms with Crippen molar-refractivity contribution in [1.82, 2.24) is 4.90 Å². The number of rotatable bonds is 5. The molecule has 2 nitrogen and oxygen atoms in total. The molecule has 1 unspecified atom stereocenters. The Hall–Kier alpha value is -0.800. The summed E-state index contributed by atoms with van der Waals surface area (Å²) in [5.74, 6) is -0.0510. The molecule has 0 fully saturated rings. The highest BCUT2D eigenvalue weighted by molar-refractivity contribution is 7.09. The first-order valence-corrected chi connectivity index (χ1v) is 6.03. The third-order valence-electron chi connectivity index (χ3n) is 1.93. The van der Waals surface area contributed by atoms with Crippen molar-refractivity contribution in [2.45, 2.75) is 18.8 Å². The van der Waals surface area contributed by atoms with Crippen LogP contribution in [0.25, 0.3) is 0 Å². The molecule has 0 aliphatic rings. The van der Waals surface area contributed by atoms with Crippen molar-refractivity contribution in [2.75, 3.05) is 6.54 Å². The van der Waals surface area contributed by atoms with Crippen LogP contribution in [-0.4, -0.2) is 22.7 Å². The molecule has 0 radical (unpaired) electrons. The maximum atomic E-state index is 11.7. The third kappa shape index (κ3) is 3.68. The van der Waals surface area contributed by atoms with Crippen molar-refractivity contribution >= 4 is 28.8 Å². The number of carbonyl (C=O) groups is 1. The number of hydrogen-bond donors (Lipinski definition) is 0. The van der Waals surface area contributed by atoms with Gasteiger partial charge in [0.15, 0.2) is 0 Å². The molecule has 15 heavy (non-hydrogen) atoms. The van der Waals surface area contributed by atoms with E-state index >= 15 is 0 Å². The SMILES string of the molecule is C=CCN(Cc1cccs1)C(=O)C(C)Cl. The van der Waals surface area contributed by atoms with Gasteiger partial charge in [-0.1, -0.05) is 12.1 Å². The summed E-state index contributed by atoms with van der Waals surface area (Å²) in [6.45, 7) is 6.47. The fourth-order valence-electron chi connectivity index (χ4n) is 1.23. The number of nitrogens with zero attached hydrogens (tertiary/aromatic N) is 1. The molecule has 0 aliphatic carbocycles. The van der Waals surface area contributed by atoms with E-state index in [0.717, 1.165) is 4.88 Å². The lowest BCUT2D eigenvalue weighted by Crippen LogP contribution is -2.35. The molecule has 0 aromatic carbocycles. The highest BCUT2D eigenvalue weighted by Gasteiger charge is 2.17. The fraction of sp³-hybridized carbons (Fsp3) is 0.364. The standard InChI is InChI=1S/C11H14ClNOS/c1-3-6-13(11(14)9(2)12)8-10-5-4-7-15-10/h3-5,7,9H,1,6,8H2,2H3. The Balaban J connectivity index is 2.66. The van der Waals surface area contributed by atoms with E-state index in [1.165, 1.54) is 0 Å². The molecule has 1 rings (SSSR count). The molecule has 1 amide bonds. The molecular formula is C11H14ClNOS. The highest BCUT2D eigenvalue weighted by atomic mass is 35.5. The van der Waals surface area contributed by atoms with Gasteiger partial charge in [0.2, 0.25) is 5.91 Å². The fourth-order valence-corrected chi connectivity index (χ4v) is 2.09. The van der Waals surface area contributed by atoms with Crippen LogP contribution in [0.15, 0.2) is 30.2 Å². The Morgan fingerprint density at radius 3 is 3.00 bits per heavy atom. The van der Waals surface area contributed by atoms with Crippen LogP contribution in [0.3, 0.4) is 0 Å². The van der Waals surface area contributed by atoms with E-state index in [1.54, 1.807) is 29.2 Å². The van der Waals surface area contributed by atoms with Gasteiger partial charge in [0.05, 0.1) is 6.54 Å². The van der Waals surface area contributed by atoms with E-state index in [2.05, 4.69) is 6.58 Å². The summed E-state index contributed by atoms with van der Waals surface area (Å²) in [7, 11) is 0. The predicted octanol–water partition coefficient (Wildman–Crippen LogP) is 2.89. The van der Waals surface area contributed by atoms with Crippen LogP contribution < -0.4 is 0 Å². The second-order valence-electron chi connectivity index (χ2n) is 3.20. The maximum absolute atomic E-state index is 11.7. The minimum Gasteiger partial charge on any atom is -0.333 e. The van der Waals surface area contributed by atoms with Gasteiger partial charge in [-0.15, -0.1) is 29.5 Å². The van der Waals surface area contributed by atoms with Crippen molar-refractivity contribution < 1.29 is 4.79 Å². The predicted molar refractivity (Wildman–Crippen MR) is 65.2 cm³/mol. The van der Waals surface area contributed by atoms with E-state index in [0.29, 0.717) is 13.1 Å². The van der Waals surface area contributed by atoms with Crippen molar-refractivity contribution in [2.24, 2.45) is 0 Å². The van der Waals surface area contributed by atoms with E-state index in [-0.39, 0.29) is 5.91 Å². The average Bonchev–Trinajstić information content (AvgIpc) is 2.68. The lowest BCUT2D eigenvalue weighted by molar-refractivity contribution is -0.130. The van der Waals surface area contributed by atoms with Crippen molar-refractivity contribution in [3.63, 3.8) is 0 Å². The van der Waals surface area contributed by atoms with Gasteiger partial charge in [-0.2, -0.15) is 0 Å². The zero-order valence-electron chi connectivity index (χ0n) is 8.65. The third-order valence-corrected chi connectivity index (χ3v) is 2.98. The largest absolute Gasteiger partial charge is 0.333 e. The molecular weight excluding hydrogens is 230 g/mol. The van der Waals surface area contributed by atoms with Gasteiger partial charge in [0.25, 0.3) is 0 Å². The monoisotopic (exact) mass is 243 g/mol. The van der Waals surface area contributed by atoms with Gasteiger partial charge in [-0.05, 0) is 18.4 Å². The van der Waals surface area contributed by atoms with Crippen LogP contribution in [0, 0.1) is 0 Å². The van der Waals surface area contributed by atoms with E-state index in [9.17, 15) is 4.79 Å². The second kappa shape index (κ2) is 5.93. The zero-order valence-corrected chi connectivity index (χ0v) is 10.2. The molecule has 0 bridgehead atoms. The molecule has 4 heteroatoms. The van der Waals surface area contributed by atoms with Crippen molar-refractivity contribution in [3.8, 4) is 0 Å². The Morgan fingerprint density at radius 1 is 1.80 bits per heavy atom. The molecule has 1 atom stereocenters. The summed E-state index contributed by atoms with van der Waals surface area (Å²) in [6.07, 6.45) is 1.71. The van der Waals surface area contributed by atoms with E-state index < -0.39 is 5.38 Å². The Labute approximate surface area is 99.2 Å². The number of halogens is 1. The molecule has 0 N–H and O–H groups in total. The van der Waals surface area contributed by atoms with Crippen LogP contribution in [0.1, 0.15) is 11.8 Å². The lowest BCUT2D eigenvalue weighted by Gasteiger charge is -2.21. The van der Waals surface area contributed by atoms with Crippen molar-refractivity contribution in [3.05, 3.63) is 35.0 Å². The van der Waals surface area contributed by atoms with Gasteiger partial charge in [-0.25, -0.2) is 0 Å². The summed E-state index contributed by atoms with van der Waals surface area (Å²) >= 11 is 7.41. The highest BCUT2D eigenvalue weighted by Crippen LogP contribution is 2.13. The molecule has 0 aliphatic heterocycles. The number of hydrogen-bond acceptors (Lipinski definition) is 2. The molecule has 0 spiro atoms. The van der Waals surface area contributed by atoms with Gasteiger partial charge in [0.1, 0.15) is 5.38 Å². The molecule has 82 valence electrons. The molecule has 1 aromatic heterocycles. The maximum Gasteiger partial charge on any atom is 0.240 e. The van der Waals surface area contributed by atoms with Crippen LogP contribution in [-0.2, 0) is 11.3 Å². The molecule has 0 saturated carbocycles. The number of amides is 1. The molecule has 0 saturated heterocycles. The smallest absolute Gasteiger partial charge is 0.240 e. The number of thiophene rings is 1. The number of alkyl halides is 1. The first-order chi connectivity index (χ1) is 7.15. The minimum absolute atomic E-state index is 0.0510. The zero-order chi connectivity index (χ0) is 11.3. The van der Waals surface area contributed by atoms with Crippen LogP contribution in [0.4, 0.5) is 0 Å². The summed E-state index contributed by atoms with van der Waals surface area (Å²) in [6, 6.07) is 3.98. The van der Waals surface area contributed by atoms with Crippen LogP contribution in [0.5, 0.6) is 0 Å². The van der Waals surface area contributed by atoms with E-state index in [4.69, 9.17) is 11.6 Å². The minimum atomic E-state index is -0.482.